The van der Waals surface area contributed by atoms with Gasteiger partial charge in [-0.15, -0.1) is 5.10 Å². The van der Waals surface area contributed by atoms with E-state index in [9.17, 15) is 9.59 Å². The van der Waals surface area contributed by atoms with Crippen molar-refractivity contribution in [2.24, 2.45) is 0 Å². The number of anilines is 2. The van der Waals surface area contributed by atoms with Gasteiger partial charge in [-0.1, -0.05) is 48.5 Å². The number of hydrogen-bond donors (Lipinski definition) is 1. The molecule has 0 saturated carbocycles. The van der Waals surface area contributed by atoms with Gasteiger partial charge in [0.05, 0.1) is 5.52 Å². The van der Waals surface area contributed by atoms with Gasteiger partial charge in [0, 0.05) is 32.0 Å². The number of para-hydroxylation sites is 1. The number of hydrogen-bond acceptors (Lipinski definition) is 5. The summed E-state index contributed by atoms with van der Waals surface area (Å²) < 4.78 is 1.59. The third-order valence-electron chi connectivity index (χ3n) is 7.01. The average Bonchev–Trinajstić information content (AvgIpc) is 3.30. The van der Waals surface area contributed by atoms with Crippen molar-refractivity contribution in [1.82, 2.24) is 19.9 Å². The molecular formula is C29H34N6O2. The molecule has 0 fully saturated rings. The van der Waals surface area contributed by atoms with Gasteiger partial charge >= 0.3 is 0 Å². The van der Waals surface area contributed by atoms with Crippen molar-refractivity contribution in [3.63, 3.8) is 0 Å². The molecule has 0 saturated heterocycles. The second-order valence-corrected chi connectivity index (χ2v) is 9.67. The van der Waals surface area contributed by atoms with Crippen LogP contribution in [0, 0.1) is 6.92 Å². The van der Waals surface area contributed by atoms with Crippen molar-refractivity contribution in [3.8, 4) is 0 Å². The highest BCUT2D eigenvalue weighted by Gasteiger charge is 2.41. The summed E-state index contributed by atoms with van der Waals surface area (Å²) in [6.07, 6.45) is 0.435. The van der Waals surface area contributed by atoms with E-state index in [1.807, 2.05) is 113 Å². The van der Waals surface area contributed by atoms with Crippen molar-refractivity contribution in [3.05, 3.63) is 83.9 Å². The van der Waals surface area contributed by atoms with E-state index in [4.69, 9.17) is 0 Å². The molecule has 37 heavy (non-hydrogen) atoms. The van der Waals surface area contributed by atoms with E-state index in [1.54, 1.807) is 9.58 Å². The molecule has 0 aliphatic heterocycles. The molecule has 8 heteroatoms. The Morgan fingerprint density at radius 2 is 1.65 bits per heavy atom. The summed E-state index contributed by atoms with van der Waals surface area (Å²) in [5.74, 6) is -0.445. The van der Waals surface area contributed by atoms with Crippen molar-refractivity contribution >= 4 is 34.2 Å². The number of carbonyl (C=O) groups excluding carboxylic acids is 2. The van der Waals surface area contributed by atoms with Crippen LogP contribution in [0.5, 0.6) is 0 Å². The van der Waals surface area contributed by atoms with Crippen LogP contribution >= 0.6 is 0 Å². The van der Waals surface area contributed by atoms with E-state index < -0.39 is 5.54 Å². The quantitative estimate of drug-likeness (QED) is 0.363. The van der Waals surface area contributed by atoms with Crippen LogP contribution in [0.4, 0.5) is 11.4 Å². The first-order chi connectivity index (χ1) is 17.7. The highest BCUT2D eigenvalue weighted by Crippen LogP contribution is 2.27. The first kappa shape index (κ1) is 25.9. The largest absolute Gasteiger partial charge is 0.378 e. The molecule has 2 amide bonds. The van der Waals surface area contributed by atoms with Gasteiger partial charge in [-0.25, -0.2) is 4.68 Å². The van der Waals surface area contributed by atoms with Crippen molar-refractivity contribution in [2.75, 3.05) is 24.3 Å². The molecule has 192 valence electrons. The van der Waals surface area contributed by atoms with Crippen molar-refractivity contribution < 1.29 is 9.59 Å². The number of carbonyl (C=O) groups is 2. The Bertz CT molecular complexity index is 1400. The third-order valence-corrected chi connectivity index (χ3v) is 7.01. The molecule has 0 bridgehead atoms. The summed E-state index contributed by atoms with van der Waals surface area (Å²) in [6.45, 7) is 6.05. The summed E-state index contributed by atoms with van der Waals surface area (Å²) in [7, 11) is 3.93. The van der Waals surface area contributed by atoms with Gasteiger partial charge in [0.2, 0.25) is 11.8 Å². The maximum absolute atomic E-state index is 13.9. The van der Waals surface area contributed by atoms with Crippen LogP contribution < -0.4 is 10.2 Å². The lowest BCUT2D eigenvalue weighted by Crippen LogP contribution is -2.57. The van der Waals surface area contributed by atoms with Gasteiger partial charge in [-0.2, -0.15) is 0 Å². The minimum absolute atomic E-state index is 0.0210. The smallest absolute Gasteiger partial charge is 0.250 e. The fourth-order valence-corrected chi connectivity index (χ4v) is 4.33. The van der Waals surface area contributed by atoms with Crippen molar-refractivity contribution in [1.29, 1.82) is 0 Å². The van der Waals surface area contributed by atoms with Crippen LogP contribution in [-0.2, 0) is 22.7 Å². The van der Waals surface area contributed by atoms with Gasteiger partial charge in [0.1, 0.15) is 17.6 Å². The minimum Gasteiger partial charge on any atom is -0.378 e. The highest BCUT2D eigenvalue weighted by molar-refractivity contribution is 6.00. The SMILES string of the molecule is CCC(C)(C(=O)Nc1ccc(N(C)C)cc1)N(Cc1ccccc1C)C(=O)Cn1nnc2ccccc21. The number of benzene rings is 3. The van der Waals surface area contributed by atoms with Crippen LogP contribution in [-0.4, -0.2) is 51.3 Å². The standard InChI is InChI=1S/C29H34N6O2/c1-6-29(3,28(37)30-23-15-17-24(18-16-23)33(4)5)34(19-22-12-8-7-11-21(22)2)27(36)20-35-26-14-10-9-13-25(26)31-32-35/h7-18H,6,19-20H2,1-5H3,(H,30,37). The normalized spacial score (nSPS) is 12.7. The number of aryl methyl sites for hydroxylation is 1. The first-order valence-electron chi connectivity index (χ1n) is 12.4. The molecule has 1 heterocycles. The van der Waals surface area contributed by atoms with Crippen LogP contribution in [0.3, 0.4) is 0 Å². The number of nitrogens with one attached hydrogen (secondary N) is 1. The average molecular weight is 499 g/mol. The highest BCUT2D eigenvalue weighted by atomic mass is 16.2. The fourth-order valence-electron chi connectivity index (χ4n) is 4.33. The van der Waals surface area contributed by atoms with Gasteiger partial charge < -0.3 is 15.1 Å². The van der Waals surface area contributed by atoms with E-state index in [1.165, 1.54) is 0 Å². The summed E-state index contributed by atoms with van der Waals surface area (Å²) in [4.78, 5) is 31.3. The third kappa shape index (κ3) is 5.48. The summed E-state index contributed by atoms with van der Waals surface area (Å²) in [5.41, 5.74) is 4.16. The lowest BCUT2D eigenvalue weighted by Gasteiger charge is -2.40. The molecule has 1 atom stereocenters. The van der Waals surface area contributed by atoms with Gasteiger partial charge in [0.15, 0.2) is 0 Å². The Labute approximate surface area is 217 Å². The second kappa shape index (κ2) is 10.8. The summed E-state index contributed by atoms with van der Waals surface area (Å²) >= 11 is 0. The van der Waals surface area contributed by atoms with E-state index in [2.05, 4.69) is 15.6 Å². The minimum atomic E-state index is -1.10. The number of rotatable bonds is 9. The fraction of sp³-hybridized carbons (Fsp3) is 0.310. The number of aromatic nitrogens is 3. The van der Waals surface area contributed by atoms with Crippen LogP contribution in [0.15, 0.2) is 72.8 Å². The predicted molar refractivity (Wildman–Crippen MR) is 147 cm³/mol. The zero-order chi connectivity index (χ0) is 26.6. The monoisotopic (exact) mass is 498 g/mol. The van der Waals surface area contributed by atoms with Crippen molar-refractivity contribution in [2.45, 2.75) is 45.8 Å². The Morgan fingerprint density at radius 1 is 0.973 bits per heavy atom. The van der Waals surface area contributed by atoms with E-state index in [0.29, 0.717) is 18.7 Å². The molecule has 3 aromatic carbocycles. The molecular weight excluding hydrogens is 464 g/mol. The number of amides is 2. The van der Waals surface area contributed by atoms with Crippen LogP contribution in [0.2, 0.25) is 0 Å². The molecule has 8 nitrogen and oxygen atoms in total. The van der Waals surface area contributed by atoms with Crippen LogP contribution in [0.1, 0.15) is 31.4 Å². The molecule has 1 unspecified atom stereocenters. The second-order valence-electron chi connectivity index (χ2n) is 9.67. The maximum Gasteiger partial charge on any atom is 0.250 e. The molecule has 4 rings (SSSR count). The summed E-state index contributed by atoms with van der Waals surface area (Å²) in [6, 6.07) is 23.1. The Morgan fingerprint density at radius 3 is 2.32 bits per heavy atom. The Hall–Kier alpha value is -4.20. The maximum atomic E-state index is 13.9. The van der Waals surface area contributed by atoms with E-state index in [-0.39, 0.29) is 18.4 Å². The lowest BCUT2D eigenvalue weighted by molar-refractivity contribution is -0.146. The molecule has 0 radical (unpaired) electrons. The molecule has 1 N–H and O–H groups in total. The molecule has 0 spiro atoms. The number of nitrogens with zero attached hydrogens (tertiary/aromatic N) is 5. The Balaban J connectivity index is 1.66. The Kier molecular flexibility index (Phi) is 7.57. The van der Waals surface area contributed by atoms with Gasteiger partial charge in [-0.05, 0) is 67.8 Å². The molecule has 0 aliphatic rings. The predicted octanol–water partition coefficient (Wildman–Crippen LogP) is 4.64. The molecule has 0 aliphatic carbocycles. The first-order valence-corrected chi connectivity index (χ1v) is 12.4. The van der Waals surface area contributed by atoms with E-state index >= 15 is 0 Å². The molecule has 1 aromatic heterocycles. The topological polar surface area (TPSA) is 83.4 Å². The van der Waals surface area contributed by atoms with Crippen LogP contribution in [0.25, 0.3) is 11.0 Å². The lowest BCUT2D eigenvalue weighted by atomic mass is 9.93. The van der Waals surface area contributed by atoms with E-state index in [0.717, 1.165) is 27.8 Å². The molecule has 4 aromatic rings. The van der Waals surface area contributed by atoms with Gasteiger partial charge in [-0.3, -0.25) is 9.59 Å². The number of fused-ring (bicyclic) bond motifs is 1. The van der Waals surface area contributed by atoms with Gasteiger partial charge in [0.25, 0.3) is 0 Å². The summed E-state index contributed by atoms with van der Waals surface area (Å²) in [5, 5.41) is 11.4. The zero-order valence-corrected chi connectivity index (χ0v) is 22.1. The zero-order valence-electron chi connectivity index (χ0n) is 22.1.